The molecule has 0 bridgehead atoms. The van der Waals surface area contributed by atoms with Crippen LogP contribution >= 0.6 is 0 Å². The van der Waals surface area contributed by atoms with Crippen LogP contribution in [0.25, 0.3) is 0 Å². The minimum absolute atomic E-state index is 0.0371. The van der Waals surface area contributed by atoms with Crippen molar-refractivity contribution >= 4 is 11.9 Å². The molecule has 1 aliphatic rings. The Labute approximate surface area is 128 Å². The Kier molecular flexibility index (Phi) is 5.00. The van der Waals surface area contributed by atoms with Crippen molar-refractivity contribution < 1.29 is 23.8 Å². The van der Waals surface area contributed by atoms with Crippen molar-refractivity contribution in [1.82, 2.24) is 4.90 Å². The van der Waals surface area contributed by atoms with Gasteiger partial charge in [0.2, 0.25) is 5.91 Å². The molecule has 0 aromatic heterocycles. The molecule has 1 aromatic carbocycles. The second kappa shape index (κ2) is 6.77. The smallest absolute Gasteiger partial charge is 0.310 e. The molecular formula is C16H20FNO4. The molecule has 0 saturated heterocycles. The molecule has 2 rings (SSSR count). The number of ether oxygens (including phenoxy) is 1. The first kappa shape index (κ1) is 16.3. The van der Waals surface area contributed by atoms with E-state index in [-0.39, 0.29) is 24.8 Å². The van der Waals surface area contributed by atoms with Gasteiger partial charge in [0, 0.05) is 13.5 Å². The summed E-state index contributed by atoms with van der Waals surface area (Å²) in [4.78, 5) is 24.8. The minimum atomic E-state index is -0.886. The molecule has 0 radical (unpaired) electrons. The quantitative estimate of drug-likeness (QED) is 0.839. The van der Waals surface area contributed by atoms with Gasteiger partial charge in [-0.05, 0) is 37.1 Å². The average Bonchev–Trinajstić information content (AvgIpc) is 2.44. The third-order valence-corrected chi connectivity index (χ3v) is 4.19. The summed E-state index contributed by atoms with van der Waals surface area (Å²) in [5.41, 5.74) is -0.872. The predicted molar refractivity (Wildman–Crippen MR) is 78.1 cm³/mol. The zero-order chi connectivity index (χ0) is 16.2. The molecular weight excluding hydrogens is 289 g/mol. The predicted octanol–water partition coefficient (Wildman–Crippen LogP) is 2.31. The van der Waals surface area contributed by atoms with Crippen LogP contribution in [0.15, 0.2) is 24.3 Å². The number of benzene rings is 1. The lowest BCUT2D eigenvalue weighted by atomic mass is 9.66. The molecule has 0 unspecified atom stereocenters. The van der Waals surface area contributed by atoms with E-state index in [1.807, 2.05) is 0 Å². The molecule has 22 heavy (non-hydrogen) atoms. The first-order chi connectivity index (χ1) is 10.4. The zero-order valence-corrected chi connectivity index (χ0v) is 12.5. The molecule has 6 heteroatoms. The zero-order valence-electron chi connectivity index (χ0n) is 12.5. The second-order valence-corrected chi connectivity index (χ2v) is 5.73. The van der Waals surface area contributed by atoms with Crippen molar-refractivity contribution in [2.24, 2.45) is 5.41 Å². The standard InChI is InChI=1S/C16H20FNO4/c1-18(9-10-22-13-5-3-12(17)4-6-13)14(19)11-16(15(20)21)7-2-8-16/h3-6H,2,7-11H2,1H3,(H,20,21). The van der Waals surface area contributed by atoms with Crippen molar-refractivity contribution in [2.75, 3.05) is 20.2 Å². The van der Waals surface area contributed by atoms with Crippen molar-refractivity contribution in [1.29, 1.82) is 0 Å². The number of carboxylic acid groups (broad SMARTS) is 1. The van der Waals surface area contributed by atoms with E-state index in [4.69, 9.17) is 4.74 Å². The van der Waals surface area contributed by atoms with Crippen LogP contribution < -0.4 is 4.74 Å². The highest BCUT2D eigenvalue weighted by atomic mass is 19.1. The van der Waals surface area contributed by atoms with Crippen LogP contribution in [0.3, 0.4) is 0 Å². The SMILES string of the molecule is CN(CCOc1ccc(F)cc1)C(=O)CC1(C(=O)O)CCC1. The van der Waals surface area contributed by atoms with Gasteiger partial charge in [0.25, 0.3) is 0 Å². The number of likely N-dealkylation sites (N-methyl/N-ethyl adjacent to an activating group) is 1. The summed E-state index contributed by atoms with van der Waals surface area (Å²) in [6.45, 7) is 0.625. The lowest BCUT2D eigenvalue weighted by Gasteiger charge is -2.37. The lowest BCUT2D eigenvalue weighted by molar-refractivity contribution is -0.159. The molecule has 0 spiro atoms. The van der Waals surface area contributed by atoms with E-state index in [0.717, 1.165) is 6.42 Å². The van der Waals surface area contributed by atoms with Crippen molar-refractivity contribution in [3.05, 3.63) is 30.1 Å². The van der Waals surface area contributed by atoms with Crippen LogP contribution in [-0.4, -0.2) is 42.1 Å². The summed E-state index contributed by atoms with van der Waals surface area (Å²) in [6.07, 6.45) is 2.02. The Morgan fingerprint density at radius 1 is 1.32 bits per heavy atom. The first-order valence-corrected chi connectivity index (χ1v) is 7.29. The highest BCUT2D eigenvalue weighted by molar-refractivity contribution is 5.85. The van der Waals surface area contributed by atoms with E-state index < -0.39 is 11.4 Å². The summed E-state index contributed by atoms with van der Waals surface area (Å²) < 4.78 is 18.2. The molecule has 1 N–H and O–H groups in total. The number of hydrogen-bond donors (Lipinski definition) is 1. The van der Waals surface area contributed by atoms with E-state index in [9.17, 15) is 19.1 Å². The number of carbonyl (C=O) groups is 2. The summed E-state index contributed by atoms with van der Waals surface area (Å²) in [5, 5.41) is 9.24. The molecule has 0 heterocycles. The van der Waals surface area contributed by atoms with Gasteiger partial charge in [0.05, 0.1) is 12.0 Å². The van der Waals surface area contributed by atoms with Crippen LogP contribution in [0.1, 0.15) is 25.7 Å². The Morgan fingerprint density at radius 3 is 2.45 bits per heavy atom. The molecule has 1 aromatic rings. The Hall–Kier alpha value is -2.11. The number of nitrogens with zero attached hydrogens (tertiary/aromatic N) is 1. The Bertz CT molecular complexity index is 540. The lowest BCUT2D eigenvalue weighted by Crippen LogP contribution is -2.43. The first-order valence-electron chi connectivity index (χ1n) is 7.29. The van der Waals surface area contributed by atoms with Gasteiger partial charge in [0.1, 0.15) is 18.2 Å². The number of carboxylic acids is 1. The Balaban J connectivity index is 1.77. The van der Waals surface area contributed by atoms with E-state index >= 15 is 0 Å². The Morgan fingerprint density at radius 2 is 1.95 bits per heavy atom. The maximum absolute atomic E-state index is 12.7. The largest absolute Gasteiger partial charge is 0.492 e. The normalized spacial score (nSPS) is 15.7. The fraction of sp³-hybridized carbons (Fsp3) is 0.500. The summed E-state index contributed by atoms with van der Waals surface area (Å²) in [7, 11) is 1.63. The van der Waals surface area contributed by atoms with E-state index in [0.29, 0.717) is 25.1 Å². The second-order valence-electron chi connectivity index (χ2n) is 5.73. The van der Waals surface area contributed by atoms with Gasteiger partial charge in [-0.1, -0.05) is 6.42 Å². The van der Waals surface area contributed by atoms with Crippen molar-refractivity contribution in [3.8, 4) is 5.75 Å². The number of halogens is 1. The van der Waals surface area contributed by atoms with Crippen LogP contribution in [0, 0.1) is 11.2 Å². The van der Waals surface area contributed by atoms with E-state index in [2.05, 4.69) is 0 Å². The number of rotatable bonds is 7. The third kappa shape index (κ3) is 3.75. The highest BCUT2D eigenvalue weighted by Crippen LogP contribution is 2.44. The van der Waals surface area contributed by atoms with Gasteiger partial charge in [-0.25, -0.2) is 4.39 Å². The number of hydrogen-bond acceptors (Lipinski definition) is 3. The van der Waals surface area contributed by atoms with Gasteiger partial charge in [-0.15, -0.1) is 0 Å². The fourth-order valence-electron chi connectivity index (χ4n) is 2.45. The average molecular weight is 309 g/mol. The van der Waals surface area contributed by atoms with Crippen LogP contribution in [0.2, 0.25) is 0 Å². The molecule has 0 aliphatic heterocycles. The van der Waals surface area contributed by atoms with Gasteiger partial charge in [0.15, 0.2) is 0 Å². The van der Waals surface area contributed by atoms with Crippen molar-refractivity contribution in [2.45, 2.75) is 25.7 Å². The monoisotopic (exact) mass is 309 g/mol. The van der Waals surface area contributed by atoms with Gasteiger partial charge >= 0.3 is 5.97 Å². The van der Waals surface area contributed by atoms with Gasteiger partial charge in [-0.2, -0.15) is 0 Å². The van der Waals surface area contributed by atoms with Crippen LogP contribution in [0.4, 0.5) is 4.39 Å². The van der Waals surface area contributed by atoms with Gasteiger partial charge in [-0.3, -0.25) is 9.59 Å². The minimum Gasteiger partial charge on any atom is -0.492 e. The summed E-state index contributed by atoms with van der Waals surface area (Å²) >= 11 is 0. The molecule has 1 amide bonds. The van der Waals surface area contributed by atoms with E-state index in [1.165, 1.54) is 29.2 Å². The van der Waals surface area contributed by atoms with Crippen LogP contribution in [-0.2, 0) is 9.59 Å². The topological polar surface area (TPSA) is 66.8 Å². The molecule has 1 aliphatic carbocycles. The highest BCUT2D eigenvalue weighted by Gasteiger charge is 2.46. The number of carbonyl (C=O) groups excluding carboxylic acids is 1. The maximum Gasteiger partial charge on any atom is 0.310 e. The molecule has 5 nitrogen and oxygen atoms in total. The molecule has 1 fully saturated rings. The molecule has 0 atom stereocenters. The molecule has 1 saturated carbocycles. The van der Waals surface area contributed by atoms with E-state index in [1.54, 1.807) is 7.05 Å². The fourth-order valence-corrected chi connectivity index (χ4v) is 2.45. The van der Waals surface area contributed by atoms with Gasteiger partial charge < -0.3 is 14.7 Å². The summed E-state index contributed by atoms with van der Waals surface area (Å²) in [5.74, 6) is -0.879. The summed E-state index contributed by atoms with van der Waals surface area (Å²) in [6, 6.07) is 5.64. The number of amides is 1. The maximum atomic E-state index is 12.7. The van der Waals surface area contributed by atoms with Crippen molar-refractivity contribution in [3.63, 3.8) is 0 Å². The number of aliphatic carboxylic acids is 1. The van der Waals surface area contributed by atoms with Crippen LogP contribution in [0.5, 0.6) is 5.75 Å². The molecule has 120 valence electrons. The third-order valence-electron chi connectivity index (χ3n) is 4.19.